The van der Waals surface area contributed by atoms with Crippen LogP contribution in [0.3, 0.4) is 0 Å². The van der Waals surface area contributed by atoms with E-state index in [1.807, 2.05) is 6.07 Å². The van der Waals surface area contributed by atoms with Gasteiger partial charge in [-0.05, 0) is 55.3 Å². The van der Waals surface area contributed by atoms with E-state index in [9.17, 15) is 19.5 Å². The minimum absolute atomic E-state index is 0.0739. The molecule has 2 heterocycles. The predicted molar refractivity (Wildman–Crippen MR) is 144 cm³/mol. The Morgan fingerprint density at radius 1 is 1.19 bits per heavy atom. The second kappa shape index (κ2) is 11.3. The second-order valence-corrected chi connectivity index (χ2v) is 10.2. The van der Waals surface area contributed by atoms with Gasteiger partial charge in [0.15, 0.2) is 5.13 Å². The molecule has 8 nitrogen and oxygen atoms in total. The second-order valence-electron chi connectivity index (χ2n) is 8.35. The molecule has 0 spiro atoms. The molecular formula is C27H25BrN2O6S. The van der Waals surface area contributed by atoms with Gasteiger partial charge >= 0.3 is 11.9 Å². The smallest absolute Gasteiger partial charge is 0.350 e. The zero-order valence-electron chi connectivity index (χ0n) is 20.5. The van der Waals surface area contributed by atoms with Crippen LogP contribution in [0.15, 0.2) is 58.6 Å². The summed E-state index contributed by atoms with van der Waals surface area (Å²) in [5.41, 5.74) is 1.25. The number of aromatic nitrogens is 1. The molecule has 1 atom stereocenters. The fourth-order valence-corrected chi connectivity index (χ4v) is 5.42. The number of carbonyl (C=O) groups excluding carboxylic acids is 3. The summed E-state index contributed by atoms with van der Waals surface area (Å²) in [5.74, 6) is -1.96. The average Bonchev–Trinajstić information content (AvgIpc) is 3.40. The van der Waals surface area contributed by atoms with Crippen molar-refractivity contribution in [2.75, 3.05) is 18.6 Å². The van der Waals surface area contributed by atoms with Crippen molar-refractivity contribution in [2.45, 2.75) is 32.7 Å². The Kier molecular flexibility index (Phi) is 8.09. The monoisotopic (exact) mass is 584 g/mol. The number of carbonyl (C=O) groups is 3. The number of hydrogen-bond donors (Lipinski definition) is 1. The number of amides is 1. The molecular weight excluding hydrogens is 560 g/mol. The third-order valence-electron chi connectivity index (χ3n) is 5.87. The SMILES string of the molecule is CCCCOc1ccc(C(O)=C2C(=O)C(=O)N(c3nc(C)c(C(=O)OC)s3)[C@@H]2c2cccc(Br)c2)cc1. The Labute approximate surface area is 226 Å². The number of methoxy groups -OCH3 is 1. The van der Waals surface area contributed by atoms with Crippen molar-refractivity contribution in [1.29, 1.82) is 0 Å². The van der Waals surface area contributed by atoms with Gasteiger partial charge in [0.05, 0.1) is 31.0 Å². The van der Waals surface area contributed by atoms with Crippen molar-refractivity contribution in [3.05, 3.63) is 80.3 Å². The molecule has 2 aromatic carbocycles. The highest BCUT2D eigenvalue weighted by atomic mass is 79.9. The number of rotatable bonds is 8. The maximum Gasteiger partial charge on any atom is 0.350 e. The first-order chi connectivity index (χ1) is 17.8. The first kappa shape index (κ1) is 26.6. The number of aliphatic hydroxyl groups is 1. The predicted octanol–water partition coefficient (Wildman–Crippen LogP) is 5.81. The summed E-state index contributed by atoms with van der Waals surface area (Å²) in [7, 11) is 1.26. The Morgan fingerprint density at radius 2 is 1.92 bits per heavy atom. The number of hydrogen-bond acceptors (Lipinski definition) is 8. The van der Waals surface area contributed by atoms with Crippen LogP contribution in [0, 0.1) is 6.92 Å². The van der Waals surface area contributed by atoms with Gasteiger partial charge in [-0.1, -0.05) is 52.7 Å². The summed E-state index contributed by atoms with van der Waals surface area (Å²) in [4.78, 5) is 44.7. The van der Waals surface area contributed by atoms with Crippen LogP contribution in [0.25, 0.3) is 5.76 Å². The summed E-state index contributed by atoms with van der Waals surface area (Å²) in [5, 5.41) is 11.5. The summed E-state index contributed by atoms with van der Waals surface area (Å²) >= 11 is 4.39. The Hall–Kier alpha value is -3.50. The molecule has 4 rings (SSSR count). The van der Waals surface area contributed by atoms with Gasteiger partial charge in [-0.25, -0.2) is 9.78 Å². The standard InChI is InChI=1S/C27H25BrN2O6S/c1-4-5-13-36-19-11-9-16(10-12-19)22(31)20-21(17-7-6-8-18(28)14-17)30(25(33)23(20)32)27-29-15(2)24(37-27)26(34)35-3/h6-12,14,21,31H,4-5,13H2,1-3H3/t21-/m1/s1. The highest BCUT2D eigenvalue weighted by Crippen LogP contribution is 2.44. The van der Waals surface area contributed by atoms with Gasteiger partial charge in [-0.15, -0.1) is 0 Å². The Morgan fingerprint density at radius 3 is 2.57 bits per heavy atom. The number of ether oxygens (including phenoxy) is 2. The zero-order valence-corrected chi connectivity index (χ0v) is 22.9. The van der Waals surface area contributed by atoms with Gasteiger partial charge in [0.25, 0.3) is 5.78 Å². The van der Waals surface area contributed by atoms with Crippen molar-refractivity contribution >= 4 is 55.8 Å². The molecule has 37 heavy (non-hydrogen) atoms. The third kappa shape index (κ3) is 5.30. The van der Waals surface area contributed by atoms with Crippen LogP contribution in [0.5, 0.6) is 5.75 Å². The fraction of sp³-hybridized carbons (Fsp3) is 0.259. The number of esters is 1. The molecule has 0 radical (unpaired) electrons. The van der Waals surface area contributed by atoms with Crippen LogP contribution in [-0.2, 0) is 14.3 Å². The lowest BCUT2D eigenvalue weighted by Crippen LogP contribution is -2.29. The van der Waals surface area contributed by atoms with Crippen LogP contribution in [0.4, 0.5) is 5.13 Å². The topological polar surface area (TPSA) is 106 Å². The summed E-state index contributed by atoms with van der Waals surface area (Å²) in [6.45, 7) is 4.28. The number of Topliss-reactive ketones (excluding diaryl/α,β-unsaturated/α-hetero) is 1. The van der Waals surface area contributed by atoms with Crippen LogP contribution < -0.4 is 9.64 Å². The van der Waals surface area contributed by atoms with E-state index >= 15 is 0 Å². The number of unbranched alkanes of at least 4 members (excludes halogenated alkanes) is 1. The number of aryl methyl sites for hydroxylation is 1. The third-order valence-corrected chi connectivity index (χ3v) is 7.50. The van der Waals surface area contributed by atoms with Gasteiger partial charge < -0.3 is 14.6 Å². The molecule has 192 valence electrons. The van der Waals surface area contributed by atoms with E-state index in [1.165, 1.54) is 12.0 Å². The number of nitrogens with zero attached hydrogens (tertiary/aromatic N) is 2. The molecule has 1 aromatic heterocycles. The zero-order chi connectivity index (χ0) is 26.7. The molecule has 0 unspecified atom stereocenters. The minimum atomic E-state index is -0.964. The van der Waals surface area contributed by atoms with Crippen molar-refractivity contribution < 1.29 is 29.0 Å². The molecule has 3 aromatic rings. The highest BCUT2D eigenvalue weighted by Gasteiger charge is 2.48. The molecule has 1 fully saturated rings. The van der Waals surface area contributed by atoms with E-state index in [0.717, 1.165) is 28.7 Å². The maximum atomic E-state index is 13.3. The number of thiazole rings is 1. The molecule has 0 aliphatic carbocycles. The number of benzene rings is 2. The van der Waals surface area contributed by atoms with Gasteiger partial charge in [0.2, 0.25) is 0 Å². The molecule has 1 aliphatic rings. The van der Waals surface area contributed by atoms with Crippen LogP contribution >= 0.6 is 27.3 Å². The van der Waals surface area contributed by atoms with E-state index in [2.05, 4.69) is 27.8 Å². The van der Waals surface area contributed by atoms with E-state index in [-0.39, 0.29) is 21.3 Å². The van der Waals surface area contributed by atoms with E-state index < -0.39 is 23.7 Å². The van der Waals surface area contributed by atoms with Crippen molar-refractivity contribution in [3.63, 3.8) is 0 Å². The van der Waals surface area contributed by atoms with Gasteiger partial charge in [-0.3, -0.25) is 14.5 Å². The van der Waals surface area contributed by atoms with Crippen LogP contribution in [0.2, 0.25) is 0 Å². The van der Waals surface area contributed by atoms with E-state index in [1.54, 1.807) is 49.4 Å². The molecule has 1 saturated heterocycles. The fourth-order valence-electron chi connectivity index (χ4n) is 3.99. The van der Waals surface area contributed by atoms with E-state index in [0.29, 0.717) is 29.2 Å². The largest absolute Gasteiger partial charge is 0.507 e. The molecule has 1 amide bonds. The van der Waals surface area contributed by atoms with Gasteiger partial charge in [0.1, 0.15) is 16.4 Å². The normalized spacial score (nSPS) is 16.8. The molecule has 1 N–H and O–H groups in total. The quantitative estimate of drug-likeness (QED) is 0.117. The average molecular weight is 585 g/mol. The molecule has 0 saturated carbocycles. The Balaban J connectivity index is 1.82. The van der Waals surface area contributed by atoms with Crippen molar-refractivity contribution in [2.24, 2.45) is 0 Å². The lowest BCUT2D eigenvalue weighted by Gasteiger charge is -2.23. The number of anilines is 1. The van der Waals surface area contributed by atoms with Gasteiger partial charge in [-0.2, -0.15) is 0 Å². The molecule has 0 bridgehead atoms. The van der Waals surface area contributed by atoms with Crippen LogP contribution in [-0.4, -0.2) is 41.5 Å². The highest BCUT2D eigenvalue weighted by molar-refractivity contribution is 9.10. The van der Waals surface area contributed by atoms with Crippen molar-refractivity contribution in [3.8, 4) is 5.75 Å². The summed E-state index contributed by atoms with van der Waals surface area (Å²) in [6, 6.07) is 12.9. The molecule has 10 heteroatoms. The lowest BCUT2D eigenvalue weighted by atomic mass is 9.95. The van der Waals surface area contributed by atoms with E-state index in [4.69, 9.17) is 9.47 Å². The minimum Gasteiger partial charge on any atom is -0.507 e. The van der Waals surface area contributed by atoms with Gasteiger partial charge in [0, 0.05) is 10.0 Å². The number of ketones is 1. The lowest BCUT2D eigenvalue weighted by molar-refractivity contribution is -0.132. The first-order valence-electron chi connectivity index (χ1n) is 11.6. The summed E-state index contributed by atoms with van der Waals surface area (Å²) in [6.07, 6.45) is 1.93. The van der Waals surface area contributed by atoms with Crippen molar-refractivity contribution in [1.82, 2.24) is 4.98 Å². The first-order valence-corrected chi connectivity index (χ1v) is 13.2. The maximum absolute atomic E-state index is 13.3. The van der Waals surface area contributed by atoms with Crippen LogP contribution in [0.1, 0.15) is 52.3 Å². The Bertz CT molecular complexity index is 1380. The molecule has 1 aliphatic heterocycles. The number of halogens is 1. The number of aliphatic hydroxyl groups excluding tert-OH is 1. The summed E-state index contributed by atoms with van der Waals surface area (Å²) < 4.78 is 11.2.